The van der Waals surface area contributed by atoms with Gasteiger partial charge in [0, 0.05) is 11.6 Å². The Morgan fingerprint density at radius 3 is 2.71 bits per heavy atom. The quantitative estimate of drug-likeness (QED) is 0.446. The van der Waals surface area contributed by atoms with Crippen LogP contribution in [0.3, 0.4) is 0 Å². The topological polar surface area (TPSA) is 52.4 Å². The van der Waals surface area contributed by atoms with Gasteiger partial charge in [-0.1, -0.05) is 0 Å². The maximum Gasteiger partial charge on any atom is 0.314 e. The number of nitro benzene ring substituents is 1. The summed E-state index contributed by atoms with van der Waals surface area (Å²) in [5, 5.41) is 10.5. The Bertz CT molecular complexity index is 370. The second-order valence-electron chi connectivity index (χ2n) is 2.48. The molecule has 76 valence electrons. The van der Waals surface area contributed by atoms with Gasteiger partial charge in [-0.25, -0.2) is 4.39 Å². The molecule has 0 amide bonds. The fourth-order valence-electron chi connectivity index (χ4n) is 1.03. The second kappa shape index (κ2) is 4.23. The van der Waals surface area contributed by atoms with Crippen LogP contribution in [0.2, 0.25) is 0 Å². The molecule has 0 heterocycles. The highest BCUT2D eigenvalue weighted by molar-refractivity contribution is 6.17. The minimum Gasteiger partial charge on any atom is -0.488 e. The van der Waals surface area contributed by atoms with E-state index >= 15 is 0 Å². The van der Waals surface area contributed by atoms with E-state index in [0.717, 1.165) is 0 Å². The van der Waals surface area contributed by atoms with Gasteiger partial charge in [-0.05, 0) is 6.07 Å². The predicted octanol–water partition coefficient (Wildman–Crippen LogP) is 2.48. The molecule has 0 aliphatic carbocycles. The minimum atomic E-state index is -0.781. The molecule has 0 saturated heterocycles. The number of benzene rings is 1. The van der Waals surface area contributed by atoms with E-state index in [0.29, 0.717) is 0 Å². The van der Waals surface area contributed by atoms with Crippen LogP contribution in [0.15, 0.2) is 12.1 Å². The molecular weight excluding hydrogens is 213 g/mol. The molecule has 0 bridgehead atoms. The lowest BCUT2D eigenvalue weighted by Crippen LogP contribution is -1.99. The van der Waals surface area contributed by atoms with Gasteiger partial charge in [0.15, 0.2) is 5.82 Å². The molecule has 14 heavy (non-hydrogen) atoms. The van der Waals surface area contributed by atoms with E-state index in [1.807, 2.05) is 0 Å². The summed E-state index contributed by atoms with van der Waals surface area (Å²) in [5.41, 5.74) is -0.229. The molecule has 0 atom stereocenters. The highest BCUT2D eigenvalue weighted by atomic mass is 35.5. The first-order valence-corrected chi connectivity index (χ1v) is 4.21. The molecule has 6 heteroatoms. The molecule has 0 saturated carbocycles. The Morgan fingerprint density at radius 2 is 2.29 bits per heavy atom. The molecule has 0 N–H and O–H groups in total. The predicted molar refractivity (Wildman–Crippen MR) is 49.2 cm³/mol. The zero-order valence-corrected chi connectivity index (χ0v) is 8.05. The first kappa shape index (κ1) is 10.7. The van der Waals surface area contributed by atoms with Gasteiger partial charge in [-0.3, -0.25) is 10.1 Å². The van der Waals surface area contributed by atoms with E-state index < -0.39 is 16.4 Å². The SMILES string of the molecule is COc1c([N+](=O)[O-])ccc(CCl)c1F. The first-order valence-electron chi connectivity index (χ1n) is 3.67. The van der Waals surface area contributed by atoms with E-state index in [2.05, 4.69) is 4.74 Å². The summed E-state index contributed by atoms with van der Waals surface area (Å²) in [6.07, 6.45) is 0. The molecule has 0 unspecified atom stereocenters. The standard InChI is InChI=1S/C8H7ClFNO3/c1-14-8-6(11(12)13)3-2-5(4-9)7(8)10/h2-3H,4H2,1H3. The first-order chi connectivity index (χ1) is 6.61. The maximum atomic E-state index is 13.4. The molecule has 0 spiro atoms. The lowest BCUT2D eigenvalue weighted by atomic mass is 10.2. The van der Waals surface area contributed by atoms with Crippen LogP contribution in [-0.2, 0) is 5.88 Å². The third-order valence-electron chi connectivity index (χ3n) is 1.70. The summed E-state index contributed by atoms with van der Waals surface area (Å²) in [5.74, 6) is -1.22. The molecule has 4 nitrogen and oxygen atoms in total. The van der Waals surface area contributed by atoms with Crippen LogP contribution >= 0.6 is 11.6 Å². The van der Waals surface area contributed by atoms with Crippen molar-refractivity contribution in [2.75, 3.05) is 7.11 Å². The normalized spacial score (nSPS) is 9.93. The summed E-state index contributed by atoms with van der Waals surface area (Å²) < 4.78 is 18.0. The Kier molecular flexibility index (Phi) is 3.24. The fourth-order valence-corrected chi connectivity index (χ4v) is 1.23. The van der Waals surface area contributed by atoms with E-state index in [1.165, 1.54) is 19.2 Å². The average molecular weight is 220 g/mol. The molecule has 0 fully saturated rings. The number of halogens is 2. The van der Waals surface area contributed by atoms with Crippen molar-refractivity contribution in [1.82, 2.24) is 0 Å². The molecule has 0 aliphatic rings. The van der Waals surface area contributed by atoms with Crippen molar-refractivity contribution < 1.29 is 14.1 Å². The summed E-state index contributed by atoms with van der Waals surface area (Å²) >= 11 is 5.43. The van der Waals surface area contributed by atoms with E-state index in [1.54, 1.807) is 0 Å². The van der Waals surface area contributed by atoms with E-state index in [4.69, 9.17) is 11.6 Å². The molecule has 0 radical (unpaired) electrons. The summed E-state index contributed by atoms with van der Waals surface area (Å²) in [6, 6.07) is 2.43. The monoisotopic (exact) mass is 219 g/mol. The van der Waals surface area contributed by atoms with Crippen molar-refractivity contribution in [3.05, 3.63) is 33.6 Å². The fraction of sp³-hybridized carbons (Fsp3) is 0.250. The Balaban J connectivity index is 3.35. The van der Waals surface area contributed by atoms with Crippen LogP contribution < -0.4 is 4.74 Å². The van der Waals surface area contributed by atoms with Crippen molar-refractivity contribution in [3.63, 3.8) is 0 Å². The zero-order chi connectivity index (χ0) is 10.7. The van der Waals surface area contributed by atoms with E-state index in [9.17, 15) is 14.5 Å². The third kappa shape index (κ3) is 1.77. The van der Waals surface area contributed by atoms with Crippen LogP contribution in [0.25, 0.3) is 0 Å². The Hall–Kier alpha value is -1.36. The van der Waals surface area contributed by atoms with Crippen LogP contribution in [-0.4, -0.2) is 12.0 Å². The summed E-state index contributed by atoms with van der Waals surface area (Å²) in [4.78, 5) is 9.75. The lowest BCUT2D eigenvalue weighted by Gasteiger charge is -2.05. The number of hydrogen-bond acceptors (Lipinski definition) is 3. The van der Waals surface area contributed by atoms with Crippen molar-refractivity contribution >= 4 is 17.3 Å². The molecule has 1 aromatic carbocycles. The van der Waals surface area contributed by atoms with E-state index in [-0.39, 0.29) is 17.2 Å². The minimum absolute atomic E-state index is 0.0554. The molecule has 1 rings (SSSR count). The lowest BCUT2D eigenvalue weighted by molar-refractivity contribution is -0.386. The Labute approximate surface area is 84.4 Å². The van der Waals surface area contributed by atoms with Crippen molar-refractivity contribution in [2.45, 2.75) is 5.88 Å². The van der Waals surface area contributed by atoms with Crippen LogP contribution in [0.1, 0.15) is 5.56 Å². The highest BCUT2D eigenvalue weighted by Gasteiger charge is 2.21. The van der Waals surface area contributed by atoms with Gasteiger partial charge in [-0.2, -0.15) is 0 Å². The maximum absolute atomic E-state index is 13.4. The smallest absolute Gasteiger partial charge is 0.314 e. The average Bonchev–Trinajstić information content (AvgIpc) is 2.17. The van der Waals surface area contributed by atoms with Crippen molar-refractivity contribution in [2.24, 2.45) is 0 Å². The molecule has 0 aromatic heterocycles. The van der Waals surface area contributed by atoms with Gasteiger partial charge < -0.3 is 4.74 Å². The van der Waals surface area contributed by atoms with Gasteiger partial charge in [0.2, 0.25) is 5.75 Å². The second-order valence-corrected chi connectivity index (χ2v) is 2.75. The molecule has 1 aromatic rings. The number of rotatable bonds is 3. The van der Waals surface area contributed by atoms with Gasteiger partial charge >= 0.3 is 5.69 Å². The van der Waals surface area contributed by atoms with Crippen molar-refractivity contribution in [1.29, 1.82) is 0 Å². The Morgan fingerprint density at radius 1 is 1.64 bits per heavy atom. The number of ether oxygens (including phenoxy) is 1. The number of alkyl halides is 1. The highest BCUT2D eigenvalue weighted by Crippen LogP contribution is 2.32. The number of nitrogens with zero attached hydrogens (tertiary/aromatic N) is 1. The number of hydrogen-bond donors (Lipinski definition) is 0. The largest absolute Gasteiger partial charge is 0.488 e. The summed E-state index contributed by atoms with van der Waals surface area (Å²) in [6.45, 7) is 0. The van der Waals surface area contributed by atoms with Gasteiger partial charge in [0.25, 0.3) is 0 Å². The molecular formula is C8H7ClFNO3. The number of methoxy groups -OCH3 is 1. The summed E-state index contributed by atoms with van der Waals surface area (Å²) in [7, 11) is 1.17. The zero-order valence-electron chi connectivity index (χ0n) is 7.29. The third-order valence-corrected chi connectivity index (χ3v) is 1.99. The van der Waals surface area contributed by atoms with Gasteiger partial charge in [-0.15, -0.1) is 11.6 Å². The van der Waals surface area contributed by atoms with Crippen LogP contribution in [0.4, 0.5) is 10.1 Å². The van der Waals surface area contributed by atoms with Gasteiger partial charge in [0.1, 0.15) is 0 Å². The van der Waals surface area contributed by atoms with Crippen LogP contribution in [0, 0.1) is 15.9 Å². The van der Waals surface area contributed by atoms with Crippen molar-refractivity contribution in [3.8, 4) is 5.75 Å². The molecule has 0 aliphatic heterocycles. The van der Waals surface area contributed by atoms with Crippen LogP contribution in [0.5, 0.6) is 5.75 Å². The van der Waals surface area contributed by atoms with Gasteiger partial charge in [0.05, 0.1) is 17.9 Å². The number of nitro groups is 1.